The summed E-state index contributed by atoms with van der Waals surface area (Å²) in [4.78, 5) is 25.1. The van der Waals surface area contributed by atoms with Gasteiger partial charge >= 0.3 is 0 Å². The van der Waals surface area contributed by atoms with Gasteiger partial charge in [0.2, 0.25) is 0 Å². The lowest BCUT2D eigenvalue weighted by Gasteiger charge is -2.12. The topological polar surface area (TPSA) is 76.7 Å². The molecule has 0 aliphatic rings. The molecule has 0 spiro atoms. The number of benzene rings is 4. The van der Waals surface area contributed by atoms with E-state index in [4.69, 9.17) is 9.47 Å². The maximum atomic E-state index is 12.7. The molecule has 0 aliphatic heterocycles. The van der Waals surface area contributed by atoms with Crippen molar-refractivity contribution in [2.24, 2.45) is 0 Å². The number of hydrogen-bond acceptors (Lipinski definition) is 4. The Balaban J connectivity index is 1.28. The summed E-state index contributed by atoms with van der Waals surface area (Å²) >= 11 is 0. The molecule has 4 rings (SSSR count). The molecule has 0 unspecified atom stereocenters. The third-order valence-corrected chi connectivity index (χ3v) is 5.25. The fourth-order valence-corrected chi connectivity index (χ4v) is 3.41. The number of anilines is 2. The van der Waals surface area contributed by atoms with Crippen molar-refractivity contribution < 1.29 is 19.1 Å². The summed E-state index contributed by atoms with van der Waals surface area (Å²) in [6.07, 6.45) is 0. The second-order valence-corrected chi connectivity index (χ2v) is 7.84. The zero-order valence-corrected chi connectivity index (χ0v) is 19.4. The van der Waals surface area contributed by atoms with Crippen LogP contribution in [0.3, 0.4) is 0 Å². The number of carbonyl (C=O) groups excluding carboxylic acids is 2. The van der Waals surface area contributed by atoms with Crippen LogP contribution in [0.5, 0.6) is 11.5 Å². The molecule has 4 aromatic rings. The number of rotatable bonds is 9. The van der Waals surface area contributed by atoms with E-state index in [-0.39, 0.29) is 11.8 Å². The molecule has 0 atom stereocenters. The molecule has 0 bridgehead atoms. The third kappa shape index (κ3) is 6.71. The van der Waals surface area contributed by atoms with Crippen LogP contribution in [-0.4, -0.2) is 25.0 Å². The van der Waals surface area contributed by atoms with Crippen molar-refractivity contribution in [2.75, 3.05) is 23.8 Å². The molecule has 0 aromatic heterocycles. The van der Waals surface area contributed by atoms with Crippen LogP contribution in [0, 0.1) is 6.92 Å². The fraction of sp³-hybridized carbons (Fsp3) is 0.103. The van der Waals surface area contributed by atoms with E-state index in [1.165, 1.54) is 0 Å². The Labute approximate surface area is 204 Å². The predicted octanol–water partition coefficient (Wildman–Crippen LogP) is 5.96. The number of hydrogen-bond donors (Lipinski definition) is 2. The van der Waals surface area contributed by atoms with Crippen molar-refractivity contribution >= 4 is 23.2 Å². The number of para-hydroxylation sites is 1. The van der Waals surface area contributed by atoms with Gasteiger partial charge in [-0.05, 0) is 79.2 Å². The predicted molar refractivity (Wildman–Crippen MR) is 137 cm³/mol. The number of carbonyl (C=O) groups is 2. The Kier molecular flexibility index (Phi) is 7.76. The normalized spacial score (nSPS) is 10.3. The van der Waals surface area contributed by atoms with E-state index in [1.807, 2.05) is 61.5 Å². The maximum Gasteiger partial charge on any atom is 0.255 e. The maximum absolute atomic E-state index is 12.7. The molecule has 0 radical (unpaired) electrons. The van der Waals surface area contributed by atoms with Gasteiger partial charge in [-0.2, -0.15) is 0 Å². The molecule has 35 heavy (non-hydrogen) atoms. The molecule has 176 valence electrons. The molecular weight excluding hydrogens is 440 g/mol. The van der Waals surface area contributed by atoms with Crippen molar-refractivity contribution in [2.45, 2.75) is 6.92 Å². The molecular formula is C29H26N2O4. The summed E-state index contributed by atoms with van der Waals surface area (Å²) in [5.74, 6) is 1.04. The van der Waals surface area contributed by atoms with Crippen molar-refractivity contribution in [1.29, 1.82) is 0 Å². The van der Waals surface area contributed by atoms with Gasteiger partial charge in [-0.3, -0.25) is 9.59 Å². The van der Waals surface area contributed by atoms with Gasteiger partial charge in [-0.1, -0.05) is 36.4 Å². The van der Waals surface area contributed by atoms with Crippen LogP contribution >= 0.6 is 0 Å². The van der Waals surface area contributed by atoms with E-state index in [0.29, 0.717) is 41.5 Å². The average Bonchev–Trinajstić information content (AvgIpc) is 2.89. The van der Waals surface area contributed by atoms with E-state index in [1.54, 1.807) is 48.5 Å². The van der Waals surface area contributed by atoms with Crippen molar-refractivity contribution in [1.82, 2.24) is 0 Å². The highest BCUT2D eigenvalue weighted by atomic mass is 16.5. The molecule has 0 heterocycles. The molecule has 0 saturated carbocycles. The van der Waals surface area contributed by atoms with Gasteiger partial charge < -0.3 is 20.1 Å². The molecule has 6 heteroatoms. The first-order valence-corrected chi connectivity index (χ1v) is 11.3. The van der Waals surface area contributed by atoms with Gasteiger partial charge in [0, 0.05) is 22.5 Å². The molecule has 4 aromatic carbocycles. The number of aryl methyl sites for hydroxylation is 1. The van der Waals surface area contributed by atoms with Crippen LogP contribution in [0.4, 0.5) is 11.4 Å². The quantitative estimate of drug-likeness (QED) is 0.299. The lowest BCUT2D eigenvalue weighted by atomic mass is 10.1. The van der Waals surface area contributed by atoms with Crippen LogP contribution in [0.25, 0.3) is 0 Å². The lowest BCUT2D eigenvalue weighted by molar-refractivity contribution is 0.101. The Morgan fingerprint density at radius 1 is 0.629 bits per heavy atom. The monoisotopic (exact) mass is 466 g/mol. The smallest absolute Gasteiger partial charge is 0.255 e. The summed E-state index contributed by atoms with van der Waals surface area (Å²) in [6, 6.07) is 30.9. The second-order valence-electron chi connectivity index (χ2n) is 7.84. The summed E-state index contributed by atoms with van der Waals surface area (Å²) in [7, 11) is 0. The average molecular weight is 467 g/mol. The number of ether oxygens (including phenoxy) is 2. The van der Waals surface area contributed by atoms with Gasteiger partial charge in [0.05, 0.1) is 0 Å². The summed E-state index contributed by atoms with van der Waals surface area (Å²) in [5.41, 5.74) is 3.27. The number of nitrogens with one attached hydrogen (secondary N) is 2. The molecule has 6 nitrogen and oxygen atoms in total. The highest BCUT2D eigenvalue weighted by Gasteiger charge is 2.10. The summed E-state index contributed by atoms with van der Waals surface area (Å²) in [6.45, 7) is 2.70. The number of amides is 2. The summed E-state index contributed by atoms with van der Waals surface area (Å²) in [5, 5.41) is 5.79. The fourth-order valence-electron chi connectivity index (χ4n) is 3.41. The summed E-state index contributed by atoms with van der Waals surface area (Å²) < 4.78 is 11.3. The molecule has 2 N–H and O–H groups in total. The third-order valence-electron chi connectivity index (χ3n) is 5.25. The molecule has 0 aliphatic carbocycles. The minimum atomic E-state index is -0.232. The van der Waals surface area contributed by atoms with Gasteiger partial charge in [-0.15, -0.1) is 0 Å². The first-order valence-electron chi connectivity index (χ1n) is 11.3. The van der Waals surface area contributed by atoms with Crippen LogP contribution in [0.1, 0.15) is 26.3 Å². The van der Waals surface area contributed by atoms with Crippen LogP contribution in [-0.2, 0) is 0 Å². The van der Waals surface area contributed by atoms with Gasteiger partial charge in [0.25, 0.3) is 11.8 Å². The van der Waals surface area contributed by atoms with Crippen LogP contribution in [0.2, 0.25) is 0 Å². The van der Waals surface area contributed by atoms with E-state index in [0.717, 1.165) is 11.3 Å². The largest absolute Gasteiger partial charge is 0.490 e. The SMILES string of the molecule is Cc1cc(NC(=O)c2ccc(OCCOc3ccccc3)cc2)ccc1NC(=O)c1ccccc1. The van der Waals surface area contributed by atoms with Gasteiger partial charge in [-0.25, -0.2) is 0 Å². The van der Waals surface area contributed by atoms with E-state index < -0.39 is 0 Å². The van der Waals surface area contributed by atoms with Crippen molar-refractivity contribution in [3.8, 4) is 11.5 Å². The highest BCUT2D eigenvalue weighted by Crippen LogP contribution is 2.21. The Bertz CT molecular complexity index is 1270. The molecule has 2 amide bonds. The van der Waals surface area contributed by atoms with Crippen molar-refractivity contribution in [3.63, 3.8) is 0 Å². The minimum absolute atomic E-state index is 0.181. The Hall–Kier alpha value is -4.58. The zero-order valence-electron chi connectivity index (χ0n) is 19.4. The molecule has 0 fully saturated rings. The Morgan fingerprint density at radius 2 is 1.17 bits per heavy atom. The van der Waals surface area contributed by atoms with Crippen molar-refractivity contribution in [3.05, 3.63) is 120 Å². The van der Waals surface area contributed by atoms with Crippen LogP contribution in [0.15, 0.2) is 103 Å². The Morgan fingerprint density at radius 3 is 1.80 bits per heavy atom. The van der Waals surface area contributed by atoms with E-state index in [9.17, 15) is 9.59 Å². The first-order chi connectivity index (χ1) is 17.1. The second kappa shape index (κ2) is 11.5. The van der Waals surface area contributed by atoms with E-state index >= 15 is 0 Å². The van der Waals surface area contributed by atoms with E-state index in [2.05, 4.69) is 10.6 Å². The standard InChI is InChI=1S/C29H26N2O4/c1-21-20-24(14-17-27(21)31-29(33)22-8-4-2-5-9-22)30-28(32)23-12-15-26(16-13-23)35-19-18-34-25-10-6-3-7-11-25/h2-17,20H,18-19H2,1H3,(H,30,32)(H,31,33). The first kappa shape index (κ1) is 23.6. The zero-order chi connectivity index (χ0) is 24.5. The molecule has 0 saturated heterocycles. The lowest BCUT2D eigenvalue weighted by Crippen LogP contribution is -2.14. The van der Waals surface area contributed by atoms with Gasteiger partial charge in [0.15, 0.2) is 0 Å². The highest BCUT2D eigenvalue weighted by molar-refractivity contribution is 6.06. The van der Waals surface area contributed by atoms with Gasteiger partial charge in [0.1, 0.15) is 24.7 Å². The van der Waals surface area contributed by atoms with Crippen LogP contribution < -0.4 is 20.1 Å². The minimum Gasteiger partial charge on any atom is -0.490 e.